The van der Waals surface area contributed by atoms with Gasteiger partial charge < -0.3 is 9.47 Å². The summed E-state index contributed by atoms with van der Waals surface area (Å²) in [6.45, 7) is 3.61. The highest BCUT2D eigenvalue weighted by atomic mass is 35.5. The van der Waals surface area contributed by atoms with Crippen LogP contribution in [-0.2, 0) is 4.74 Å². The maximum Gasteiger partial charge on any atom is 0.397 e. The van der Waals surface area contributed by atoms with Crippen LogP contribution in [0.25, 0.3) is 5.82 Å². The molecule has 0 aromatic carbocycles. The molecule has 0 saturated heterocycles. The molecule has 0 radical (unpaired) electrons. The highest BCUT2D eigenvalue weighted by molar-refractivity contribution is 6.32. The molecule has 2 aromatic heterocycles. The molecule has 0 N–H and O–H groups in total. The highest BCUT2D eigenvalue weighted by Crippen LogP contribution is 2.53. The third-order valence-corrected chi connectivity index (χ3v) is 5.10. The minimum Gasteiger partial charge on any atom is -0.476 e. The fourth-order valence-corrected chi connectivity index (χ4v) is 3.09. The van der Waals surface area contributed by atoms with Crippen molar-refractivity contribution in [2.24, 2.45) is 11.3 Å². The van der Waals surface area contributed by atoms with Crippen molar-refractivity contribution >= 4 is 17.6 Å². The molecular weight excluding hydrogens is 411 g/mol. The minimum absolute atomic E-state index is 0.0545. The summed E-state index contributed by atoms with van der Waals surface area (Å²) in [7, 11) is 0. The summed E-state index contributed by atoms with van der Waals surface area (Å²) in [5.74, 6) is -0.0487. The molecule has 0 unspecified atom stereocenters. The van der Waals surface area contributed by atoms with Crippen LogP contribution in [0, 0.1) is 11.3 Å². The number of ether oxygens (including phenoxy) is 2. The van der Waals surface area contributed by atoms with Crippen LogP contribution in [0.2, 0.25) is 5.15 Å². The number of esters is 1. The Morgan fingerprint density at radius 1 is 1.31 bits per heavy atom. The molecule has 1 saturated carbocycles. The molecule has 0 atom stereocenters. The average molecular weight is 432 g/mol. The molecule has 158 valence electrons. The first-order valence-corrected chi connectivity index (χ1v) is 9.58. The summed E-state index contributed by atoms with van der Waals surface area (Å²) < 4.78 is 51.4. The van der Waals surface area contributed by atoms with Crippen LogP contribution < -0.4 is 4.74 Å². The number of alkyl halides is 3. The Bertz CT molecular complexity index is 879. The number of carbonyl (C=O) groups excluding carboxylic acids is 1. The number of hydrogen-bond acceptors (Lipinski definition) is 5. The van der Waals surface area contributed by atoms with Gasteiger partial charge in [-0.1, -0.05) is 31.9 Å². The number of rotatable bonds is 7. The van der Waals surface area contributed by atoms with Crippen molar-refractivity contribution in [3.05, 3.63) is 35.1 Å². The summed E-state index contributed by atoms with van der Waals surface area (Å²) in [5, 5.41) is 4.03. The smallest absolute Gasteiger partial charge is 0.397 e. The summed E-state index contributed by atoms with van der Waals surface area (Å²) in [5.41, 5.74) is -1.67. The molecule has 3 rings (SSSR count). The second-order valence-electron chi connectivity index (χ2n) is 7.52. The fraction of sp³-hybridized carbons (Fsp3) is 0.526. The second kappa shape index (κ2) is 8.22. The Kier molecular flexibility index (Phi) is 6.07. The van der Waals surface area contributed by atoms with E-state index in [0.29, 0.717) is 12.2 Å². The number of pyridine rings is 1. The summed E-state index contributed by atoms with van der Waals surface area (Å²) in [6.07, 6.45) is -2.16. The van der Waals surface area contributed by atoms with Gasteiger partial charge in [0.05, 0.1) is 12.2 Å². The number of carbonyl (C=O) groups is 1. The summed E-state index contributed by atoms with van der Waals surface area (Å²) in [6, 6.07) is 4.42. The minimum atomic E-state index is -4.30. The lowest BCUT2D eigenvalue weighted by Gasteiger charge is -2.42. The van der Waals surface area contributed by atoms with Gasteiger partial charge in [0.2, 0.25) is 5.88 Å². The Hall–Kier alpha value is -2.29. The van der Waals surface area contributed by atoms with Gasteiger partial charge in [-0.25, -0.2) is 14.5 Å². The molecule has 1 aliphatic carbocycles. The maximum atomic E-state index is 13.2. The first-order valence-electron chi connectivity index (χ1n) is 9.20. The zero-order chi connectivity index (χ0) is 21.2. The molecule has 0 amide bonds. The van der Waals surface area contributed by atoms with Crippen molar-refractivity contribution in [3.63, 3.8) is 0 Å². The second-order valence-corrected chi connectivity index (χ2v) is 7.88. The molecule has 0 bridgehead atoms. The lowest BCUT2D eigenvalue weighted by Crippen LogP contribution is -2.48. The lowest BCUT2D eigenvalue weighted by atomic mass is 9.69. The van der Waals surface area contributed by atoms with E-state index in [4.69, 9.17) is 21.1 Å². The van der Waals surface area contributed by atoms with Crippen LogP contribution >= 0.6 is 11.6 Å². The lowest BCUT2D eigenvalue weighted by molar-refractivity contribution is -0.259. The summed E-state index contributed by atoms with van der Waals surface area (Å²) >= 11 is 6.08. The van der Waals surface area contributed by atoms with Crippen molar-refractivity contribution in [2.75, 3.05) is 13.2 Å². The van der Waals surface area contributed by atoms with Crippen molar-refractivity contribution in [3.8, 4) is 11.7 Å². The van der Waals surface area contributed by atoms with Gasteiger partial charge in [-0.05, 0) is 30.9 Å². The van der Waals surface area contributed by atoms with Gasteiger partial charge in [-0.2, -0.15) is 13.2 Å². The van der Waals surface area contributed by atoms with Gasteiger partial charge in [0.15, 0.2) is 5.82 Å². The van der Waals surface area contributed by atoms with Gasteiger partial charge in [0, 0.05) is 12.3 Å². The first kappa shape index (κ1) is 21.4. The van der Waals surface area contributed by atoms with Gasteiger partial charge in [0.1, 0.15) is 17.2 Å². The van der Waals surface area contributed by atoms with E-state index in [0.717, 1.165) is 0 Å². The maximum absolute atomic E-state index is 13.2. The average Bonchev–Trinajstić information content (AvgIpc) is 3.06. The van der Waals surface area contributed by atoms with Crippen molar-refractivity contribution < 1.29 is 27.4 Å². The van der Waals surface area contributed by atoms with E-state index in [9.17, 15) is 18.0 Å². The van der Waals surface area contributed by atoms with Crippen LogP contribution in [0.15, 0.2) is 24.4 Å². The van der Waals surface area contributed by atoms with Crippen LogP contribution in [0.5, 0.6) is 5.88 Å². The monoisotopic (exact) mass is 431 g/mol. The predicted octanol–water partition coefficient (Wildman–Crippen LogP) is 4.84. The van der Waals surface area contributed by atoms with E-state index < -0.39 is 24.2 Å². The topological polar surface area (TPSA) is 66.2 Å². The van der Waals surface area contributed by atoms with Crippen LogP contribution in [0.1, 0.15) is 43.5 Å². The Morgan fingerprint density at radius 2 is 2.03 bits per heavy atom. The van der Waals surface area contributed by atoms with E-state index in [2.05, 4.69) is 10.1 Å². The standard InChI is InChI=1S/C19H21ClF3N3O3/c1-12(2)10-28-17(27)13-4-5-14(24-16(13)20)26-9-6-15(25-26)29-11-18(7-3-8-18)19(21,22)23/h4-6,9,12H,3,7-8,10-11H2,1-2H3. The van der Waals surface area contributed by atoms with Crippen molar-refractivity contribution in [1.82, 2.24) is 14.8 Å². The summed E-state index contributed by atoms with van der Waals surface area (Å²) in [4.78, 5) is 16.1. The van der Waals surface area contributed by atoms with E-state index in [1.807, 2.05) is 13.8 Å². The zero-order valence-corrected chi connectivity index (χ0v) is 16.8. The number of aromatic nitrogens is 3. The third-order valence-electron chi connectivity index (χ3n) is 4.81. The molecule has 6 nitrogen and oxygen atoms in total. The number of halogens is 4. The van der Waals surface area contributed by atoms with Gasteiger partial charge in [-0.15, -0.1) is 5.10 Å². The molecule has 10 heteroatoms. The van der Waals surface area contributed by atoms with E-state index in [1.54, 1.807) is 0 Å². The van der Waals surface area contributed by atoms with Gasteiger partial charge >= 0.3 is 12.1 Å². The predicted molar refractivity (Wildman–Crippen MR) is 99.3 cm³/mol. The molecule has 0 spiro atoms. The Labute approximate surface area is 171 Å². The molecule has 1 aliphatic rings. The van der Waals surface area contributed by atoms with Gasteiger partial charge in [0.25, 0.3) is 0 Å². The molecule has 0 aliphatic heterocycles. The van der Waals surface area contributed by atoms with Crippen LogP contribution in [0.4, 0.5) is 13.2 Å². The fourth-order valence-electron chi connectivity index (χ4n) is 2.86. The normalized spacial score (nSPS) is 15.8. The van der Waals surface area contributed by atoms with E-state index in [1.165, 1.54) is 29.1 Å². The van der Waals surface area contributed by atoms with Crippen LogP contribution in [0.3, 0.4) is 0 Å². The molecule has 29 heavy (non-hydrogen) atoms. The first-order chi connectivity index (χ1) is 13.6. The van der Waals surface area contributed by atoms with Crippen molar-refractivity contribution in [1.29, 1.82) is 0 Å². The molecule has 2 heterocycles. The Balaban J connectivity index is 1.67. The molecule has 2 aromatic rings. The third kappa shape index (κ3) is 4.66. The van der Waals surface area contributed by atoms with Crippen molar-refractivity contribution in [2.45, 2.75) is 39.3 Å². The highest BCUT2D eigenvalue weighted by Gasteiger charge is 2.58. The Morgan fingerprint density at radius 3 is 2.59 bits per heavy atom. The number of hydrogen-bond donors (Lipinski definition) is 0. The number of nitrogens with zero attached hydrogens (tertiary/aromatic N) is 3. The van der Waals surface area contributed by atoms with E-state index in [-0.39, 0.29) is 42.0 Å². The molecular formula is C19H21ClF3N3O3. The van der Waals surface area contributed by atoms with E-state index >= 15 is 0 Å². The quantitative estimate of drug-likeness (QED) is 0.463. The van der Waals surface area contributed by atoms with Gasteiger partial charge in [-0.3, -0.25) is 0 Å². The van der Waals surface area contributed by atoms with Crippen LogP contribution in [-0.4, -0.2) is 40.1 Å². The zero-order valence-electron chi connectivity index (χ0n) is 16.0. The SMILES string of the molecule is CC(C)COC(=O)c1ccc(-n2ccc(OCC3(C(F)(F)F)CCC3)n2)nc1Cl. The largest absolute Gasteiger partial charge is 0.476 e. The molecule has 1 fully saturated rings.